The van der Waals surface area contributed by atoms with Crippen LogP contribution in [0.3, 0.4) is 0 Å². The number of amides is 2. The Morgan fingerprint density at radius 2 is 1.42 bits per heavy atom. The fourth-order valence-corrected chi connectivity index (χ4v) is 4.70. The summed E-state index contributed by atoms with van der Waals surface area (Å²) in [4.78, 5) is 39.8. The standard InChI is InChI=1S/C22H17NO3/c24-20(13-5-2-1-3-6-13)16-7-4-8-17(12-16)23-21(25)18-14-9-10-15(11-14)19(18)22(23)26/h1-10,12,14-15,18-19H,11H2/t14-,15-,18-,19-/m0/s1. The fourth-order valence-electron chi connectivity index (χ4n) is 4.70. The predicted molar refractivity (Wildman–Crippen MR) is 96.5 cm³/mol. The highest BCUT2D eigenvalue weighted by atomic mass is 16.2. The van der Waals surface area contributed by atoms with Crippen molar-refractivity contribution >= 4 is 23.3 Å². The number of fused-ring (bicyclic) bond motifs is 5. The average molecular weight is 343 g/mol. The zero-order chi connectivity index (χ0) is 17.8. The van der Waals surface area contributed by atoms with Crippen LogP contribution in [0.4, 0.5) is 5.69 Å². The highest BCUT2D eigenvalue weighted by molar-refractivity contribution is 6.23. The second-order valence-corrected chi connectivity index (χ2v) is 7.26. The van der Waals surface area contributed by atoms with Gasteiger partial charge in [-0.2, -0.15) is 0 Å². The molecule has 1 saturated carbocycles. The predicted octanol–water partition coefficient (Wildman–Crippen LogP) is 3.23. The van der Waals surface area contributed by atoms with Gasteiger partial charge < -0.3 is 0 Å². The lowest BCUT2D eigenvalue weighted by molar-refractivity contribution is -0.123. The first-order valence-electron chi connectivity index (χ1n) is 8.91. The van der Waals surface area contributed by atoms with Gasteiger partial charge in [0.15, 0.2) is 5.78 Å². The molecular weight excluding hydrogens is 326 g/mol. The van der Waals surface area contributed by atoms with E-state index in [1.807, 2.05) is 18.2 Å². The second-order valence-electron chi connectivity index (χ2n) is 7.26. The zero-order valence-corrected chi connectivity index (χ0v) is 14.0. The smallest absolute Gasteiger partial charge is 0.238 e. The molecule has 4 heteroatoms. The van der Waals surface area contributed by atoms with E-state index in [1.165, 1.54) is 4.90 Å². The van der Waals surface area contributed by atoms with Crippen LogP contribution in [0.25, 0.3) is 0 Å². The minimum atomic E-state index is -0.231. The topological polar surface area (TPSA) is 54.5 Å². The van der Waals surface area contributed by atoms with E-state index in [1.54, 1.807) is 36.4 Å². The van der Waals surface area contributed by atoms with Gasteiger partial charge in [0, 0.05) is 11.1 Å². The van der Waals surface area contributed by atoms with Crippen molar-refractivity contribution in [2.75, 3.05) is 4.90 Å². The lowest BCUT2D eigenvalue weighted by Gasteiger charge is -2.18. The summed E-state index contributed by atoms with van der Waals surface area (Å²) in [5, 5.41) is 0. The SMILES string of the molecule is O=C(c1ccccc1)c1cccc(N2C(=O)[C@@H]3[C@@H](C2=O)[C@H]2C=C[C@H]3C2)c1. The number of nitrogens with zero attached hydrogens (tertiary/aromatic N) is 1. The number of anilines is 1. The summed E-state index contributed by atoms with van der Waals surface area (Å²) in [6.07, 6.45) is 5.07. The van der Waals surface area contributed by atoms with Crippen LogP contribution in [0.1, 0.15) is 22.3 Å². The number of imide groups is 1. The van der Waals surface area contributed by atoms with Crippen molar-refractivity contribution < 1.29 is 14.4 Å². The summed E-state index contributed by atoms with van der Waals surface area (Å²) in [6.45, 7) is 0. The van der Waals surface area contributed by atoms with E-state index < -0.39 is 0 Å². The second kappa shape index (κ2) is 5.49. The first-order chi connectivity index (χ1) is 12.6. The maximum atomic E-state index is 12.9. The molecule has 2 amide bonds. The summed E-state index contributed by atoms with van der Waals surface area (Å²) in [6, 6.07) is 15.8. The molecule has 0 unspecified atom stereocenters. The molecule has 0 spiro atoms. The maximum absolute atomic E-state index is 12.9. The van der Waals surface area contributed by atoms with Gasteiger partial charge in [-0.05, 0) is 30.4 Å². The molecule has 26 heavy (non-hydrogen) atoms. The van der Waals surface area contributed by atoms with Crippen LogP contribution in [-0.2, 0) is 9.59 Å². The molecule has 4 atom stereocenters. The van der Waals surface area contributed by atoms with E-state index in [0.717, 1.165) is 6.42 Å². The van der Waals surface area contributed by atoms with E-state index in [0.29, 0.717) is 16.8 Å². The van der Waals surface area contributed by atoms with Gasteiger partial charge in [0.25, 0.3) is 0 Å². The number of carbonyl (C=O) groups excluding carboxylic acids is 3. The van der Waals surface area contributed by atoms with Crippen LogP contribution >= 0.6 is 0 Å². The number of hydrogen-bond acceptors (Lipinski definition) is 3. The minimum absolute atomic E-state index is 0.117. The van der Waals surface area contributed by atoms with Crippen molar-refractivity contribution in [2.45, 2.75) is 6.42 Å². The minimum Gasteiger partial charge on any atom is -0.289 e. The van der Waals surface area contributed by atoms with Gasteiger partial charge in [0.05, 0.1) is 17.5 Å². The summed E-state index contributed by atoms with van der Waals surface area (Å²) >= 11 is 0. The monoisotopic (exact) mass is 343 g/mol. The summed E-state index contributed by atoms with van der Waals surface area (Å²) < 4.78 is 0. The van der Waals surface area contributed by atoms with Gasteiger partial charge in [0.2, 0.25) is 11.8 Å². The quantitative estimate of drug-likeness (QED) is 0.488. The van der Waals surface area contributed by atoms with Crippen molar-refractivity contribution in [2.24, 2.45) is 23.7 Å². The van der Waals surface area contributed by atoms with E-state index in [2.05, 4.69) is 12.2 Å². The zero-order valence-electron chi connectivity index (χ0n) is 14.0. The first-order valence-corrected chi connectivity index (χ1v) is 8.91. The van der Waals surface area contributed by atoms with Crippen LogP contribution in [0.15, 0.2) is 66.7 Å². The molecule has 0 N–H and O–H groups in total. The Balaban J connectivity index is 1.49. The summed E-state index contributed by atoms with van der Waals surface area (Å²) in [5.41, 5.74) is 1.56. The van der Waals surface area contributed by atoms with Gasteiger partial charge in [-0.3, -0.25) is 14.4 Å². The maximum Gasteiger partial charge on any atom is 0.238 e. The van der Waals surface area contributed by atoms with E-state index in [9.17, 15) is 14.4 Å². The molecule has 2 bridgehead atoms. The molecule has 1 saturated heterocycles. The van der Waals surface area contributed by atoms with Crippen LogP contribution in [-0.4, -0.2) is 17.6 Å². The van der Waals surface area contributed by atoms with Crippen molar-refractivity contribution in [3.8, 4) is 0 Å². The van der Waals surface area contributed by atoms with Crippen molar-refractivity contribution in [3.05, 3.63) is 77.9 Å². The van der Waals surface area contributed by atoms with Gasteiger partial charge in [-0.1, -0.05) is 54.6 Å². The Kier molecular flexibility index (Phi) is 3.23. The normalized spacial score (nSPS) is 28.7. The largest absolute Gasteiger partial charge is 0.289 e. The lowest BCUT2D eigenvalue weighted by atomic mass is 9.85. The third-order valence-electron chi connectivity index (χ3n) is 5.87. The molecular formula is C22H17NO3. The number of ketones is 1. The molecule has 2 aliphatic carbocycles. The molecule has 3 aliphatic rings. The van der Waals surface area contributed by atoms with Crippen LogP contribution in [0, 0.1) is 23.7 Å². The first kappa shape index (κ1) is 15.3. The van der Waals surface area contributed by atoms with Gasteiger partial charge >= 0.3 is 0 Å². The molecule has 0 radical (unpaired) electrons. The molecule has 1 aliphatic heterocycles. The summed E-state index contributed by atoms with van der Waals surface area (Å²) in [5.74, 6) is -0.464. The number of carbonyl (C=O) groups is 3. The Labute approximate surface area is 151 Å². The third-order valence-corrected chi connectivity index (χ3v) is 5.87. The van der Waals surface area contributed by atoms with E-state index >= 15 is 0 Å². The Morgan fingerprint density at radius 3 is 2.08 bits per heavy atom. The summed E-state index contributed by atoms with van der Waals surface area (Å²) in [7, 11) is 0. The molecule has 128 valence electrons. The Morgan fingerprint density at radius 1 is 0.808 bits per heavy atom. The Bertz CT molecular complexity index is 932. The molecule has 1 heterocycles. The van der Waals surface area contributed by atoms with Crippen LogP contribution in [0.2, 0.25) is 0 Å². The number of rotatable bonds is 3. The van der Waals surface area contributed by atoms with Crippen molar-refractivity contribution in [1.82, 2.24) is 0 Å². The third kappa shape index (κ3) is 2.05. The molecule has 2 aromatic rings. The average Bonchev–Trinajstić information content (AvgIpc) is 3.36. The van der Waals surface area contributed by atoms with E-state index in [-0.39, 0.29) is 41.3 Å². The van der Waals surface area contributed by atoms with Crippen molar-refractivity contribution in [3.63, 3.8) is 0 Å². The number of hydrogen-bond donors (Lipinski definition) is 0. The van der Waals surface area contributed by atoms with Gasteiger partial charge in [-0.25, -0.2) is 4.90 Å². The van der Waals surface area contributed by atoms with Crippen LogP contribution in [0.5, 0.6) is 0 Å². The fraction of sp³-hybridized carbons (Fsp3) is 0.227. The molecule has 4 nitrogen and oxygen atoms in total. The van der Waals surface area contributed by atoms with Gasteiger partial charge in [-0.15, -0.1) is 0 Å². The Hall–Kier alpha value is -3.01. The lowest BCUT2D eigenvalue weighted by Crippen LogP contribution is -2.33. The highest BCUT2D eigenvalue weighted by Crippen LogP contribution is 2.53. The highest BCUT2D eigenvalue weighted by Gasteiger charge is 2.59. The van der Waals surface area contributed by atoms with Gasteiger partial charge in [0.1, 0.15) is 0 Å². The molecule has 0 aromatic heterocycles. The molecule has 5 rings (SSSR count). The van der Waals surface area contributed by atoms with E-state index in [4.69, 9.17) is 0 Å². The molecule has 2 aromatic carbocycles. The van der Waals surface area contributed by atoms with Crippen LogP contribution < -0.4 is 4.90 Å². The molecule has 2 fully saturated rings. The number of allylic oxidation sites excluding steroid dienone is 2. The van der Waals surface area contributed by atoms with Crippen molar-refractivity contribution in [1.29, 1.82) is 0 Å². The number of benzene rings is 2.